The van der Waals surface area contributed by atoms with Crippen LogP contribution in [0.2, 0.25) is 0 Å². The summed E-state index contributed by atoms with van der Waals surface area (Å²) in [5.74, 6) is -1.41. The van der Waals surface area contributed by atoms with Crippen LogP contribution in [0.15, 0.2) is 24.3 Å². The molecule has 0 saturated carbocycles. The Hall–Kier alpha value is -2.45. The Labute approximate surface area is 136 Å². The summed E-state index contributed by atoms with van der Waals surface area (Å²) in [5, 5.41) is 10.8. The van der Waals surface area contributed by atoms with Gasteiger partial charge in [-0.1, -0.05) is 12.1 Å². The van der Waals surface area contributed by atoms with Crippen LogP contribution in [-0.2, 0) is 4.79 Å². The highest BCUT2D eigenvalue weighted by molar-refractivity contribution is 5.77. The van der Waals surface area contributed by atoms with Crippen molar-refractivity contribution < 1.29 is 32.6 Å². The zero-order valence-corrected chi connectivity index (χ0v) is 12.8. The molecule has 0 aliphatic carbocycles. The predicted octanol–water partition coefficient (Wildman–Crippen LogP) is 2.41. The van der Waals surface area contributed by atoms with Gasteiger partial charge in [-0.2, -0.15) is 13.2 Å². The number of aliphatic carboxylic acids is 1. The van der Waals surface area contributed by atoms with Gasteiger partial charge in [0.25, 0.3) is 0 Å². The largest absolute Gasteiger partial charge is 0.497 e. The molecule has 1 aliphatic heterocycles. The van der Waals surface area contributed by atoms with E-state index in [2.05, 4.69) is 0 Å². The van der Waals surface area contributed by atoms with Crippen molar-refractivity contribution in [2.75, 3.05) is 20.2 Å². The average Bonchev–Trinajstić information content (AvgIpc) is 3.02. The molecule has 2 unspecified atom stereocenters. The smallest absolute Gasteiger partial charge is 0.412 e. The first-order valence-electron chi connectivity index (χ1n) is 7.21. The summed E-state index contributed by atoms with van der Waals surface area (Å²) < 4.78 is 44.7. The van der Waals surface area contributed by atoms with Crippen LogP contribution in [0.25, 0.3) is 0 Å². The van der Waals surface area contributed by atoms with Gasteiger partial charge in [-0.3, -0.25) is 4.79 Å². The van der Waals surface area contributed by atoms with Gasteiger partial charge in [0.1, 0.15) is 5.75 Å². The highest BCUT2D eigenvalue weighted by Crippen LogP contribution is 2.33. The SMILES string of the molecule is COc1ccc(C(NC(=O)N2CCC(C(=O)O)C2)C(F)(F)F)cc1. The van der Waals surface area contributed by atoms with Crippen molar-refractivity contribution in [3.05, 3.63) is 29.8 Å². The number of hydrogen-bond donors (Lipinski definition) is 2. The lowest BCUT2D eigenvalue weighted by Crippen LogP contribution is -2.45. The van der Waals surface area contributed by atoms with Gasteiger partial charge in [-0.05, 0) is 24.1 Å². The fourth-order valence-electron chi connectivity index (χ4n) is 2.51. The van der Waals surface area contributed by atoms with Crippen molar-refractivity contribution in [1.29, 1.82) is 0 Å². The maximum absolute atomic E-state index is 13.3. The van der Waals surface area contributed by atoms with Gasteiger partial charge in [0.2, 0.25) is 0 Å². The Balaban J connectivity index is 2.11. The molecule has 1 aliphatic rings. The quantitative estimate of drug-likeness (QED) is 0.878. The molecular weight excluding hydrogens is 329 g/mol. The monoisotopic (exact) mass is 346 g/mol. The van der Waals surface area contributed by atoms with E-state index in [0.29, 0.717) is 5.75 Å². The number of halogens is 3. The second kappa shape index (κ2) is 6.98. The number of amides is 2. The third-order valence-electron chi connectivity index (χ3n) is 3.87. The lowest BCUT2D eigenvalue weighted by atomic mass is 10.1. The summed E-state index contributed by atoms with van der Waals surface area (Å²) in [6, 6.07) is 2.08. The number of hydrogen-bond acceptors (Lipinski definition) is 3. The molecule has 2 amide bonds. The molecular formula is C15H17F3N2O4. The molecule has 0 spiro atoms. The first-order valence-corrected chi connectivity index (χ1v) is 7.21. The van der Waals surface area contributed by atoms with E-state index in [1.807, 2.05) is 5.32 Å². The molecule has 1 aromatic carbocycles. The summed E-state index contributed by atoms with van der Waals surface area (Å²) in [4.78, 5) is 24.0. The lowest BCUT2D eigenvalue weighted by molar-refractivity contribution is -0.155. The van der Waals surface area contributed by atoms with Gasteiger partial charge in [-0.15, -0.1) is 0 Å². The van der Waals surface area contributed by atoms with Crippen LogP contribution in [-0.4, -0.2) is 48.4 Å². The van der Waals surface area contributed by atoms with Crippen LogP contribution in [0, 0.1) is 5.92 Å². The molecule has 9 heteroatoms. The van der Waals surface area contributed by atoms with Crippen LogP contribution in [0.3, 0.4) is 0 Å². The number of carbonyl (C=O) groups is 2. The van der Waals surface area contributed by atoms with E-state index >= 15 is 0 Å². The number of alkyl halides is 3. The van der Waals surface area contributed by atoms with Crippen LogP contribution in [0.1, 0.15) is 18.0 Å². The van der Waals surface area contributed by atoms with Gasteiger partial charge in [0.15, 0.2) is 6.04 Å². The fraction of sp³-hybridized carbons (Fsp3) is 0.467. The Morgan fingerprint density at radius 3 is 2.42 bits per heavy atom. The van der Waals surface area contributed by atoms with Crippen molar-refractivity contribution in [2.45, 2.75) is 18.6 Å². The number of benzene rings is 1. The first-order chi connectivity index (χ1) is 11.2. The summed E-state index contributed by atoms with van der Waals surface area (Å²) in [7, 11) is 1.39. The maximum atomic E-state index is 13.3. The van der Waals surface area contributed by atoms with Crippen molar-refractivity contribution in [1.82, 2.24) is 10.2 Å². The molecule has 0 bridgehead atoms. The van der Waals surface area contributed by atoms with E-state index < -0.39 is 30.1 Å². The number of methoxy groups -OCH3 is 1. The molecule has 0 aromatic heterocycles. The van der Waals surface area contributed by atoms with E-state index in [1.165, 1.54) is 31.4 Å². The van der Waals surface area contributed by atoms with E-state index in [0.717, 1.165) is 4.90 Å². The number of likely N-dealkylation sites (tertiary alicyclic amines) is 1. The number of urea groups is 1. The molecule has 132 valence electrons. The van der Waals surface area contributed by atoms with Gasteiger partial charge >= 0.3 is 18.2 Å². The molecule has 2 rings (SSSR count). The highest BCUT2D eigenvalue weighted by atomic mass is 19.4. The summed E-state index contributed by atoms with van der Waals surface area (Å²) in [6.45, 7) is 0.00431. The number of carboxylic acid groups (broad SMARTS) is 1. The molecule has 0 radical (unpaired) electrons. The fourth-order valence-corrected chi connectivity index (χ4v) is 2.51. The standard InChI is InChI=1S/C15H17F3N2O4/c1-24-11-4-2-9(3-5-11)12(15(16,17)18)19-14(23)20-7-6-10(8-20)13(21)22/h2-5,10,12H,6-8H2,1H3,(H,19,23)(H,21,22). The number of nitrogens with one attached hydrogen (secondary N) is 1. The number of nitrogens with zero attached hydrogens (tertiary/aromatic N) is 1. The van der Waals surface area contributed by atoms with Crippen molar-refractivity contribution in [2.24, 2.45) is 5.92 Å². The molecule has 1 saturated heterocycles. The molecule has 1 heterocycles. The Morgan fingerprint density at radius 2 is 1.96 bits per heavy atom. The summed E-state index contributed by atoms with van der Waals surface area (Å²) in [6.07, 6.45) is -4.46. The molecule has 6 nitrogen and oxygen atoms in total. The Morgan fingerprint density at radius 1 is 1.33 bits per heavy atom. The van der Waals surface area contributed by atoms with Gasteiger partial charge < -0.3 is 20.1 Å². The predicted molar refractivity (Wildman–Crippen MR) is 77.6 cm³/mol. The van der Waals surface area contributed by atoms with Crippen LogP contribution in [0.4, 0.5) is 18.0 Å². The van der Waals surface area contributed by atoms with Crippen LogP contribution < -0.4 is 10.1 Å². The van der Waals surface area contributed by atoms with Crippen molar-refractivity contribution >= 4 is 12.0 Å². The second-order valence-electron chi connectivity index (χ2n) is 5.47. The van der Waals surface area contributed by atoms with E-state index in [4.69, 9.17) is 9.84 Å². The molecule has 1 fully saturated rings. The normalized spacial score (nSPS) is 19.0. The lowest BCUT2D eigenvalue weighted by Gasteiger charge is -2.25. The number of ether oxygens (including phenoxy) is 1. The van der Waals surface area contributed by atoms with E-state index in [-0.39, 0.29) is 25.1 Å². The zero-order chi connectivity index (χ0) is 17.9. The van der Waals surface area contributed by atoms with Gasteiger partial charge in [0, 0.05) is 13.1 Å². The minimum atomic E-state index is -4.68. The highest BCUT2D eigenvalue weighted by Gasteiger charge is 2.43. The maximum Gasteiger partial charge on any atom is 0.412 e. The van der Waals surface area contributed by atoms with Gasteiger partial charge in [0.05, 0.1) is 13.0 Å². The van der Waals surface area contributed by atoms with E-state index in [9.17, 15) is 22.8 Å². The summed E-state index contributed by atoms with van der Waals surface area (Å²) >= 11 is 0. The minimum absolute atomic E-state index is 0.103. The average molecular weight is 346 g/mol. The molecule has 2 N–H and O–H groups in total. The number of carbonyl (C=O) groups excluding carboxylic acids is 1. The minimum Gasteiger partial charge on any atom is -0.497 e. The molecule has 24 heavy (non-hydrogen) atoms. The molecule has 2 atom stereocenters. The third kappa shape index (κ3) is 4.09. The third-order valence-corrected chi connectivity index (χ3v) is 3.87. The van der Waals surface area contributed by atoms with Crippen LogP contribution in [0.5, 0.6) is 5.75 Å². The van der Waals surface area contributed by atoms with Crippen molar-refractivity contribution in [3.8, 4) is 5.75 Å². The number of carboxylic acids is 1. The number of rotatable bonds is 4. The summed E-state index contributed by atoms with van der Waals surface area (Å²) in [5.41, 5.74) is -0.134. The van der Waals surface area contributed by atoms with Crippen LogP contribution >= 0.6 is 0 Å². The first kappa shape index (κ1) is 17.9. The second-order valence-corrected chi connectivity index (χ2v) is 5.47. The van der Waals surface area contributed by atoms with E-state index in [1.54, 1.807) is 0 Å². The van der Waals surface area contributed by atoms with Gasteiger partial charge in [-0.25, -0.2) is 4.79 Å². The van der Waals surface area contributed by atoms with Crippen molar-refractivity contribution in [3.63, 3.8) is 0 Å². The molecule has 1 aromatic rings. The topological polar surface area (TPSA) is 78.9 Å². The zero-order valence-electron chi connectivity index (χ0n) is 12.8. The Kier molecular flexibility index (Phi) is 5.20. The Bertz CT molecular complexity index is 604.